The summed E-state index contributed by atoms with van der Waals surface area (Å²) in [6, 6.07) is 11.8. The van der Waals surface area contributed by atoms with Gasteiger partial charge >= 0.3 is 5.97 Å². The second kappa shape index (κ2) is 7.99. The van der Waals surface area contributed by atoms with Crippen LogP contribution in [0.2, 0.25) is 10.0 Å². The Morgan fingerprint density at radius 1 is 1.08 bits per heavy atom. The highest BCUT2D eigenvalue weighted by molar-refractivity contribution is 6.35. The molecule has 1 heterocycles. The van der Waals surface area contributed by atoms with Crippen molar-refractivity contribution in [1.82, 2.24) is 15.2 Å². The van der Waals surface area contributed by atoms with E-state index in [0.29, 0.717) is 27.1 Å². The predicted octanol–water partition coefficient (Wildman–Crippen LogP) is 4.45. The first kappa shape index (κ1) is 17.9. The molecule has 2 aromatic carbocycles. The van der Waals surface area contributed by atoms with Gasteiger partial charge in [0, 0.05) is 10.7 Å². The number of esters is 1. The molecule has 2 N–H and O–H groups in total. The SMILES string of the molecule is COC(=O)c1ccc(Nc2cnnc(Nc3cc(Cl)ccc3Cl)n2)cc1. The molecule has 0 saturated carbocycles. The number of carbonyl (C=O) groups excluding carboxylic acids is 1. The zero-order valence-corrected chi connectivity index (χ0v) is 15.0. The van der Waals surface area contributed by atoms with Gasteiger partial charge in [-0.05, 0) is 42.5 Å². The van der Waals surface area contributed by atoms with E-state index < -0.39 is 5.97 Å². The molecule has 0 aliphatic rings. The molecule has 0 aliphatic heterocycles. The normalized spacial score (nSPS) is 10.3. The largest absolute Gasteiger partial charge is 0.465 e. The average molecular weight is 390 g/mol. The van der Waals surface area contributed by atoms with E-state index in [-0.39, 0.29) is 5.95 Å². The van der Waals surface area contributed by atoms with Gasteiger partial charge in [0.25, 0.3) is 0 Å². The van der Waals surface area contributed by atoms with Crippen LogP contribution in [-0.2, 0) is 4.74 Å². The Balaban J connectivity index is 1.75. The molecule has 1 aromatic heterocycles. The molecule has 9 heteroatoms. The van der Waals surface area contributed by atoms with E-state index in [2.05, 4.69) is 30.6 Å². The van der Waals surface area contributed by atoms with Gasteiger partial charge < -0.3 is 15.4 Å². The highest BCUT2D eigenvalue weighted by atomic mass is 35.5. The summed E-state index contributed by atoms with van der Waals surface area (Å²) in [5.41, 5.74) is 1.75. The maximum absolute atomic E-state index is 11.5. The molecule has 0 fully saturated rings. The van der Waals surface area contributed by atoms with E-state index in [0.717, 1.165) is 5.69 Å². The van der Waals surface area contributed by atoms with Crippen molar-refractivity contribution < 1.29 is 9.53 Å². The molecule has 26 heavy (non-hydrogen) atoms. The van der Waals surface area contributed by atoms with Gasteiger partial charge in [0.05, 0.1) is 29.6 Å². The third kappa shape index (κ3) is 4.38. The van der Waals surface area contributed by atoms with Crippen LogP contribution in [0, 0.1) is 0 Å². The summed E-state index contributed by atoms with van der Waals surface area (Å²) < 4.78 is 4.67. The molecular formula is C17H13Cl2N5O2. The van der Waals surface area contributed by atoms with Crippen LogP contribution in [0.25, 0.3) is 0 Å². The minimum absolute atomic E-state index is 0.255. The van der Waals surface area contributed by atoms with E-state index >= 15 is 0 Å². The molecular weight excluding hydrogens is 377 g/mol. The van der Waals surface area contributed by atoms with Crippen LogP contribution in [-0.4, -0.2) is 28.3 Å². The Labute approximate surface area is 159 Å². The zero-order chi connectivity index (χ0) is 18.5. The molecule has 7 nitrogen and oxygen atoms in total. The zero-order valence-electron chi connectivity index (χ0n) is 13.5. The van der Waals surface area contributed by atoms with Crippen molar-refractivity contribution in [2.24, 2.45) is 0 Å². The Hall–Kier alpha value is -2.90. The van der Waals surface area contributed by atoms with E-state index in [9.17, 15) is 4.79 Å². The lowest BCUT2D eigenvalue weighted by Gasteiger charge is -2.09. The van der Waals surface area contributed by atoms with Crippen LogP contribution >= 0.6 is 23.2 Å². The number of ether oxygens (including phenoxy) is 1. The maximum Gasteiger partial charge on any atom is 0.337 e. The molecule has 0 atom stereocenters. The van der Waals surface area contributed by atoms with Gasteiger partial charge in [-0.2, -0.15) is 10.1 Å². The second-order valence-electron chi connectivity index (χ2n) is 5.11. The van der Waals surface area contributed by atoms with Gasteiger partial charge in [0.15, 0.2) is 5.82 Å². The first-order valence-electron chi connectivity index (χ1n) is 7.42. The van der Waals surface area contributed by atoms with E-state index in [1.807, 2.05) is 0 Å². The first-order valence-corrected chi connectivity index (χ1v) is 8.18. The number of halogens is 2. The van der Waals surface area contributed by atoms with Crippen molar-refractivity contribution in [3.63, 3.8) is 0 Å². The summed E-state index contributed by atoms with van der Waals surface area (Å²) in [4.78, 5) is 15.8. The number of nitrogens with zero attached hydrogens (tertiary/aromatic N) is 3. The number of nitrogens with one attached hydrogen (secondary N) is 2. The van der Waals surface area contributed by atoms with Crippen molar-refractivity contribution >= 4 is 52.3 Å². The molecule has 0 unspecified atom stereocenters. The Morgan fingerprint density at radius 3 is 2.58 bits per heavy atom. The number of rotatable bonds is 5. The van der Waals surface area contributed by atoms with Crippen molar-refractivity contribution in [3.05, 3.63) is 64.3 Å². The molecule has 0 amide bonds. The summed E-state index contributed by atoms with van der Waals surface area (Å²) in [5, 5.41) is 14.9. The quantitative estimate of drug-likeness (QED) is 0.622. The topological polar surface area (TPSA) is 89.0 Å². The lowest BCUT2D eigenvalue weighted by molar-refractivity contribution is 0.0601. The highest BCUT2D eigenvalue weighted by Gasteiger charge is 2.07. The number of benzene rings is 2. The Kier molecular flexibility index (Phi) is 5.50. The summed E-state index contributed by atoms with van der Waals surface area (Å²) in [6.07, 6.45) is 1.47. The molecule has 0 bridgehead atoms. The van der Waals surface area contributed by atoms with E-state index in [4.69, 9.17) is 23.2 Å². The number of aromatic nitrogens is 3. The fourth-order valence-corrected chi connectivity index (χ4v) is 2.42. The van der Waals surface area contributed by atoms with Gasteiger partial charge in [0.1, 0.15) is 0 Å². The number of methoxy groups -OCH3 is 1. The monoisotopic (exact) mass is 389 g/mol. The van der Waals surface area contributed by atoms with Gasteiger partial charge in [0.2, 0.25) is 5.95 Å². The number of carbonyl (C=O) groups is 1. The lowest BCUT2D eigenvalue weighted by Crippen LogP contribution is -2.03. The molecule has 0 aliphatic carbocycles. The van der Waals surface area contributed by atoms with Crippen LogP contribution in [0.15, 0.2) is 48.7 Å². The fourth-order valence-electron chi connectivity index (χ4n) is 2.09. The third-order valence-electron chi connectivity index (χ3n) is 3.31. The summed E-state index contributed by atoms with van der Waals surface area (Å²) in [7, 11) is 1.34. The summed E-state index contributed by atoms with van der Waals surface area (Å²) in [6.45, 7) is 0. The molecule has 132 valence electrons. The first-order chi connectivity index (χ1) is 12.5. The second-order valence-corrected chi connectivity index (χ2v) is 5.95. The van der Waals surface area contributed by atoms with Crippen molar-refractivity contribution in [1.29, 1.82) is 0 Å². The lowest BCUT2D eigenvalue weighted by atomic mass is 10.2. The third-order valence-corrected chi connectivity index (χ3v) is 3.88. The van der Waals surface area contributed by atoms with E-state index in [1.54, 1.807) is 42.5 Å². The van der Waals surface area contributed by atoms with Crippen molar-refractivity contribution in [2.45, 2.75) is 0 Å². The molecule has 0 radical (unpaired) electrons. The predicted molar refractivity (Wildman–Crippen MR) is 101 cm³/mol. The summed E-state index contributed by atoms with van der Waals surface area (Å²) in [5.74, 6) is 0.321. The maximum atomic E-state index is 11.5. The van der Waals surface area contributed by atoms with Crippen molar-refractivity contribution in [2.75, 3.05) is 17.7 Å². The Morgan fingerprint density at radius 2 is 1.85 bits per heavy atom. The van der Waals surface area contributed by atoms with Crippen LogP contribution in [0.4, 0.5) is 23.1 Å². The number of hydrogen-bond acceptors (Lipinski definition) is 7. The Bertz CT molecular complexity index is 935. The fraction of sp³-hybridized carbons (Fsp3) is 0.0588. The van der Waals surface area contributed by atoms with Gasteiger partial charge in [-0.3, -0.25) is 0 Å². The summed E-state index contributed by atoms with van der Waals surface area (Å²) >= 11 is 12.1. The number of anilines is 4. The minimum Gasteiger partial charge on any atom is -0.465 e. The van der Waals surface area contributed by atoms with E-state index in [1.165, 1.54) is 13.3 Å². The van der Waals surface area contributed by atoms with Crippen LogP contribution in [0.1, 0.15) is 10.4 Å². The minimum atomic E-state index is -0.398. The van der Waals surface area contributed by atoms with Crippen LogP contribution < -0.4 is 10.6 Å². The van der Waals surface area contributed by atoms with Gasteiger partial charge in [-0.25, -0.2) is 4.79 Å². The average Bonchev–Trinajstić information content (AvgIpc) is 2.65. The molecule has 0 spiro atoms. The van der Waals surface area contributed by atoms with Crippen LogP contribution in [0.3, 0.4) is 0 Å². The van der Waals surface area contributed by atoms with Crippen LogP contribution in [0.5, 0.6) is 0 Å². The smallest absolute Gasteiger partial charge is 0.337 e. The molecule has 3 aromatic rings. The standard InChI is InChI=1S/C17H13Cl2N5O2/c1-26-16(25)10-2-5-12(6-3-10)21-15-9-20-24-17(23-15)22-14-8-11(18)4-7-13(14)19/h2-9H,1H3,(H2,21,22,23,24). The number of hydrogen-bond donors (Lipinski definition) is 2. The van der Waals surface area contributed by atoms with Gasteiger partial charge in [-0.15, -0.1) is 5.10 Å². The molecule has 3 rings (SSSR count). The molecule has 0 saturated heterocycles. The highest BCUT2D eigenvalue weighted by Crippen LogP contribution is 2.27. The van der Waals surface area contributed by atoms with Crippen molar-refractivity contribution in [3.8, 4) is 0 Å². The van der Waals surface area contributed by atoms with Gasteiger partial charge in [-0.1, -0.05) is 23.2 Å².